The molecule has 0 fully saturated rings. The molecule has 0 N–H and O–H groups in total. The SMILES string of the molecule is COc1cccc(-c2nc(OC)nn2C(=O)C(C)(C)C)c1. The molecule has 1 aromatic heterocycles. The van der Waals surface area contributed by atoms with Crippen LogP contribution in [0.25, 0.3) is 11.4 Å². The molecule has 1 aromatic carbocycles. The first-order valence-electron chi connectivity index (χ1n) is 6.57. The number of hydrogen-bond acceptors (Lipinski definition) is 5. The lowest BCUT2D eigenvalue weighted by Crippen LogP contribution is -2.28. The minimum absolute atomic E-state index is 0.156. The van der Waals surface area contributed by atoms with Crippen molar-refractivity contribution in [3.05, 3.63) is 24.3 Å². The number of carbonyl (C=O) groups excluding carboxylic acids is 1. The third kappa shape index (κ3) is 3.04. The number of nitrogens with zero attached hydrogens (tertiary/aromatic N) is 3. The van der Waals surface area contributed by atoms with Gasteiger partial charge in [0.25, 0.3) is 5.91 Å². The Labute approximate surface area is 123 Å². The second kappa shape index (κ2) is 5.55. The van der Waals surface area contributed by atoms with E-state index in [9.17, 15) is 4.79 Å². The topological polar surface area (TPSA) is 66.2 Å². The quantitative estimate of drug-likeness (QED) is 0.869. The van der Waals surface area contributed by atoms with E-state index in [1.807, 2.05) is 39.0 Å². The van der Waals surface area contributed by atoms with Crippen LogP contribution in [0.2, 0.25) is 0 Å². The maximum Gasteiger partial charge on any atom is 0.336 e. The van der Waals surface area contributed by atoms with E-state index in [1.165, 1.54) is 11.8 Å². The maximum absolute atomic E-state index is 12.5. The molecule has 0 saturated heterocycles. The Kier molecular flexibility index (Phi) is 3.97. The Morgan fingerprint density at radius 2 is 1.90 bits per heavy atom. The largest absolute Gasteiger partial charge is 0.497 e. The highest BCUT2D eigenvalue weighted by atomic mass is 16.5. The van der Waals surface area contributed by atoms with Gasteiger partial charge in [0.15, 0.2) is 5.82 Å². The predicted octanol–water partition coefficient (Wildman–Crippen LogP) is 2.65. The average molecular weight is 289 g/mol. The predicted molar refractivity (Wildman–Crippen MR) is 78.6 cm³/mol. The van der Waals surface area contributed by atoms with Crippen molar-refractivity contribution >= 4 is 5.91 Å². The Balaban J connectivity index is 2.57. The molecule has 2 rings (SSSR count). The lowest BCUT2D eigenvalue weighted by Gasteiger charge is -2.17. The Morgan fingerprint density at radius 3 is 2.48 bits per heavy atom. The Morgan fingerprint density at radius 1 is 1.19 bits per heavy atom. The fourth-order valence-electron chi connectivity index (χ4n) is 1.79. The van der Waals surface area contributed by atoms with Crippen molar-refractivity contribution in [2.75, 3.05) is 14.2 Å². The molecule has 0 saturated carbocycles. The monoisotopic (exact) mass is 289 g/mol. The number of methoxy groups -OCH3 is 2. The van der Waals surface area contributed by atoms with Crippen LogP contribution in [0.1, 0.15) is 25.6 Å². The molecular formula is C15H19N3O3. The summed E-state index contributed by atoms with van der Waals surface area (Å²) in [5, 5.41) is 4.12. The van der Waals surface area contributed by atoms with E-state index in [-0.39, 0.29) is 11.9 Å². The summed E-state index contributed by atoms with van der Waals surface area (Å²) in [6.07, 6.45) is 0. The summed E-state index contributed by atoms with van der Waals surface area (Å²) in [5.41, 5.74) is 0.162. The van der Waals surface area contributed by atoms with Crippen molar-refractivity contribution in [1.82, 2.24) is 14.8 Å². The standard InChI is InChI=1S/C15H19N3O3/c1-15(2,3)13(19)18-12(16-14(17-18)21-5)10-7-6-8-11(9-10)20-4/h6-9H,1-5H3. The van der Waals surface area contributed by atoms with Gasteiger partial charge in [0, 0.05) is 11.0 Å². The summed E-state index contributed by atoms with van der Waals surface area (Å²) in [6.45, 7) is 5.50. The highest BCUT2D eigenvalue weighted by Gasteiger charge is 2.28. The first kappa shape index (κ1) is 15.0. The molecule has 0 bridgehead atoms. The van der Waals surface area contributed by atoms with Crippen molar-refractivity contribution < 1.29 is 14.3 Å². The number of hydrogen-bond donors (Lipinski definition) is 0. The summed E-state index contributed by atoms with van der Waals surface area (Å²) in [5.74, 6) is 0.964. The zero-order valence-corrected chi connectivity index (χ0v) is 12.9. The molecule has 0 amide bonds. The maximum atomic E-state index is 12.5. The van der Waals surface area contributed by atoms with E-state index >= 15 is 0 Å². The van der Waals surface area contributed by atoms with Crippen LogP contribution >= 0.6 is 0 Å². The lowest BCUT2D eigenvalue weighted by atomic mass is 9.95. The summed E-state index contributed by atoms with van der Waals surface area (Å²) in [6, 6.07) is 7.47. The number of benzene rings is 1. The van der Waals surface area contributed by atoms with Gasteiger partial charge in [-0.05, 0) is 12.1 Å². The number of aromatic nitrogens is 3. The third-order valence-electron chi connectivity index (χ3n) is 2.93. The van der Waals surface area contributed by atoms with E-state index in [2.05, 4.69) is 10.1 Å². The fourth-order valence-corrected chi connectivity index (χ4v) is 1.79. The summed E-state index contributed by atoms with van der Waals surface area (Å²) in [4.78, 5) is 16.8. The zero-order chi connectivity index (χ0) is 15.6. The second-order valence-electron chi connectivity index (χ2n) is 5.62. The van der Waals surface area contributed by atoms with Crippen molar-refractivity contribution in [2.45, 2.75) is 20.8 Å². The second-order valence-corrected chi connectivity index (χ2v) is 5.62. The van der Waals surface area contributed by atoms with E-state index < -0.39 is 5.41 Å². The van der Waals surface area contributed by atoms with Crippen LogP contribution in [0.5, 0.6) is 11.8 Å². The van der Waals surface area contributed by atoms with E-state index in [0.29, 0.717) is 11.6 Å². The van der Waals surface area contributed by atoms with Crippen LogP contribution in [0.3, 0.4) is 0 Å². The van der Waals surface area contributed by atoms with Crippen LogP contribution in [0.15, 0.2) is 24.3 Å². The molecule has 6 heteroatoms. The lowest BCUT2D eigenvalue weighted by molar-refractivity contribution is 0.0749. The Bertz CT molecular complexity index is 656. The molecule has 0 aliphatic rings. The van der Waals surface area contributed by atoms with Gasteiger partial charge in [0.1, 0.15) is 5.75 Å². The number of carbonyl (C=O) groups is 1. The van der Waals surface area contributed by atoms with Crippen molar-refractivity contribution in [1.29, 1.82) is 0 Å². The smallest absolute Gasteiger partial charge is 0.336 e. The zero-order valence-electron chi connectivity index (χ0n) is 12.9. The minimum Gasteiger partial charge on any atom is -0.497 e. The van der Waals surface area contributed by atoms with Crippen molar-refractivity contribution in [2.24, 2.45) is 5.41 Å². The molecule has 0 atom stereocenters. The van der Waals surface area contributed by atoms with Crippen molar-refractivity contribution in [3.63, 3.8) is 0 Å². The van der Waals surface area contributed by atoms with Crippen molar-refractivity contribution in [3.8, 4) is 23.1 Å². The van der Waals surface area contributed by atoms with E-state index in [1.54, 1.807) is 13.2 Å². The minimum atomic E-state index is -0.577. The van der Waals surface area contributed by atoms with Gasteiger partial charge in [0.2, 0.25) is 0 Å². The van der Waals surface area contributed by atoms with Crippen LogP contribution in [-0.2, 0) is 0 Å². The van der Waals surface area contributed by atoms with Crippen LogP contribution < -0.4 is 9.47 Å². The number of rotatable bonds is 3. The normalized spacial score (nSPS) is 11.3. The van der Waals surface area contributed by atoms with Gasteiger partial charge < -0.3 is 9.47 Å². The molecule has 0 aliphatic heterocycles. The molecule has 0 aliphatic carbocycles. The van der Waals surface area contributed by atoms with Gasteiger partial charge in [-0.2, -0.15) is 9.67 Å². The average Bonchev–Trinajstić information content (AvgIpc) is 2.89. The van der Waals surface area contributed by atoms with Gasteiger partial charge in [0.05, 0.1) is 14.2 Å². The van der Waals surface area contributed by atoms with Crippen LogP contribution in [0.4, 0.5) is 0 Å². The van der Waals surface area contributed by atoms with Crippen LogP contribution in [-0.4, -0.2) is 34.9 Å². The molecule has 0 spiro atoms. The Hall–Kier alpha value is -2.37. The molecular weight excluding hydrogens is 270 g/mol. The van der Waals surface area contributed by atoms with Gasteiger partial charge >= 0.3 is 6.01 Å². The van der Waals surface area contributed by atoms with Gasteiger partial charge in [-0.1, -0.05) is 32.9 Å². The van der Waals surface area contributed by atoms with E-state index in [0.717, 1.165) is 5.56 Å². The summed E-state index contributed by atoms with van der Waals surface area (Å²) >= 11 is 0. The number of ether oxygens (including phenoxy) is 2. The summed E-state index contributed by atoms with van der Waals surface area (Å²) in [7, 11) is 3.06. The summed E-state index contributed by atoms with van der Waals surface area (Å²) < 4.78 is 11.5. The molecule has 1 heterocycles. The molecule has 0 radical (unpaired) electrons. The third-order valence-corrected chi connectivity index (χ3v) is 2.93. The fraction of sp³-hybridized carbons (Fsp3) is 0.400. The molecule has 2 aromatic rings. The first-order valence-corrected chi connectivity index (χ1v) is 6.57. The van der Waals surface area contributed by atoms with Gasteiger partial charge in [-0.25, -0.2) is 0 Å². The van der Waals surface area contributed by atoms with E-state index in [4.69, 9.17) is 9.47 Å². The van der Waals surface area contributed by atoms with Gasteiger partial charge in [-0.3, -0.25) is 4.79 Å². The first-order chi connectivity index (χ1) is 9.86. The molecule has 112 valence electrons. The highest BCUT2D eigenvalue weighted by molar-refractivity contribution is 5.86. The molecule has 21 heavy (non-hydrogen) atoms. The highest BCUT2D eigenvalue weighted by Crippen LogP contribution is 2.26. The van der Waals surface area contributed by atoms with Crippen LogP contribution in [0, 0.1) is 5.41 Å². The molecule has 6 nitrogen and oxygen atoms in total. The van der Waals surface area contributed by atoms with Gasteiger partial charge in [-0.15, -0.1) is 5.10 Å². The molecule has 0 unspecified atom stereocenters.